The minimum Gasteiger partial charge on any atom is -0.367 e. The first-order chi connectivity index (χ1) is 16.9. The van der Waals surface area contributed by atoms with Gasteiger partial charge in [0.1, 0.15) is 11.5 Å². The number of aromatic nitrogens is 6. The van der Waals surface area contributed by atoms with E-state index in [1.54, 1.807) is 37.5 Å². The van der Waals surface area contributed by atoms with Crippen LogP contribution in [0.15, 0.2) is 50.8 Å². The van der Waals surface area contributed by atoms with Crippen LogP contribution in [-0.4, -0.2) is 41.3 Å². The average Bonchev–Trinajstić information content (AvgIpc) is 3.23. The Kier molecular flexibility index (Phi) is 4.94. The maximum atomic E-state index is 13.0. The third kappa shape index (κ3) is 3.86. The number of anilines is 2. The lowest BCUT2D eigenvalue weighted by Crippen LogP contribution is -2.38. The van der Waals surface area contributed by atoms with Crippen LogP contribution in [0.3, 0.4) is 0 Å². The van der Waals surface area contributed by atoms with Gasteiger partial charge in [0.2, 0.25) is 5.89 Å². The summed E-state index contributed by atoms with van der Waals surface area (Å²) < 4.78 is 7.91. The monoisotopic (exact) mass is 474 g/mol. The lowest BCUT2D eigenvalue weighted by Gasteiger charge is -2.15. The SMILES string of the molecule is Cn1c(=O)n(-c2ccc(N[C@H]3CC[C@H](Nc4noc(C5(C)CC5)n4)C3)nc2)c(=O)c2cccnc21. The highest BCUT2D eigenvalue weighted by Crippen LogP contribution is 2.46. The number of fused-ring (bicyclic) bond motifs is 1. The average molecular weight is 475 g/mol. The van der Waals surface area contributed by atoms with E-state index in [1.165, 1.54) is 10.8 Å². The van der Waals surface area contributed by atoms with Gasteiger partial charge in [0.05, 0.1) is 17.3 Å². The van der Waals surface area contributed by atoms with Gasteiger partial charge >= 0.3 is 5.69 Å². The molecule has 4 aromatic rings. The predicted molar refractivity (Wildman–Crippen MR) is 130 cm³/mol. The predicted octanol–water partition coefficient (Wildman–Crippen LogP) is 2.36. The molecule has 11 heteroatoms. The van der Waals surface area contributed by atoms with Crippen LogP contribution < -0.4 is 21.9 Å². The van der Waals surface area contributed by atoms with E-state index in [0.717, 1.165) is 36.7 Å². The minimum absolute atomic E-state index is 0.0592. The van der Waals surface area contributed by atoms with E-state index in [-0.39, 0.29) is 17.5 Å². The molecule has 0 radical (unpaired) electrons. The van der Waals surface area contributed by atoms with E-state index >= 15 is 0 Å². The number of hydrogen-bond donors (Lipinski definition) is 2. The molecule has 0 unspecified atom stereocenters. The van der Waals surface area contributed by atoms with Gasteiger partial charge in [0.15, 0.2) is 0 Å². The van der Waals surface area contributed by atoms with Crippen molar-refractivity contribution in [1.82, 2.24) is 29.2 Å². The van der Waals surface area contributed by atoms with Crippen LogP contribution in [0.5, 0.6) is 0 Å². The molecule has 0 aliphatic heterocycles. The molecule has 180 valence electrons. The maximum absolute atomic E-state index is 13.0. The summed E-state index contributed by atoms with van der Waals surface area (Å²) in [5, 5.41) is 11.3. The highest BCUT2D eigenvalue weighted by atomic mass is 16.5. The van der Waals surface area contributed by atoms with Gasteiger partial charge in [-0.2, -0.15) is 4.98 Å². The standard InChI is InChI=1S/C24H26N8O3/c1-24(9-10-24)21-29-22(30-35-21)28-15-6-5-14(12-15)27-18-8-7-16(13-26-18)32-20(33)17-4-3-11-25-19(17)31(2)23(32)34/h3-4,7-8,11,13-15H,5-6,9-10,12H2,1-2H3,(H,26,27)(H,28,30)/t14-,15-/m0/s1. The summed E-state index contributed by atoms with van der Waals surface area (Å²) in [5.74, 6) is 1.96. The van der Waals surface area contributed by atoms with Gasteiger partial charge < -0.3 is 15.2 Å². The van der Waals surface area contributed by atoms with Gasteiger partial charge in [-0.15, -0.1) is 0 Å². The first kappa shape index (κ1) is 21.5. The third-order valence-electron chi connectivity index (χ3n) is 7.08. The molecule has 6 rings (SSSR count). The smallest absolute Gasteiger partial charge is 0.337 e. The van der Waals surface area contributed by atoms with E-state index in [0.29, 0.717) is 34.4 Å². The number of rotatable bonds is 6. The second-order valence-corrected chi connectivity index (χ2v) is 9.74. The van der Waals surface area contributed by atoms with Crippen molar-refractivity contribution >= 4 is 22.8 Å². The molecular weight excluding hydrogens is 448 g/mol. The Morgan fingerprint density at radius 1 is 1.09 bits per heavy atom. The topological polar surface area (TPSA) is 133 Å². The van der Waals surface area contributed by atoms with Crippen LogP contribution in [0.1, 0.15) is 44.9 Å². The first-order valence-electron chi connectivity index (χ1n) is 11.8. The number of nitrogens with zero attached hydrogens (tertiary/aromatic N) is 6. The fourth-order valence-electron chi connectivity index (χ4n) is 4.67. The van der Waals surface area contributed by atoms with Crippen LogP contribution in [0.2, 0.25) is 0 Å². The summed E-state index contributed by atoms with van der Waals surface area (Å²) in [5.41, 5.74) is -0.0512. The summed E-state index contributed by atoms with van der Waals surface area (Å²) in [4.78, 5) is 38.9. The number of nitrogens with one attached hydrogen (secondary N) is 2. The molecule has 0 saturated heterocycles. The lowest BCUT2D eigenvalue weighted by molar-refractivity contribution is 0.353. The molecule has 2 fully saturated rings. The second-order valence-electron chi connectivity index (χ2n) is 9.74. The molecule has 2 atom stereocenters. The maximum Gasteiger partial charge on any atom is 0.337 e. The van der Waals surface area contributed by atoms with E-state index < -0.39 is 11.2 Å². The Morgan fingerprint density at radius 3 is 2.63 bits per heavy atom. The van der Waals surface area contributed by atoms with Gasteiger partial charge in [-0.05, 0) is 61.5 Å². The summed E-state index contributed by atoms with van der Waals surface area (Å²) in [7, 11) is 1.60. The van der Waals surface area contributed by atoms with Gasteiger partial charge in [-0.1, -0.05) is 6.92 Å². The van der Waals surface area contributed by atoms with E-state index in [2.05, 4.69) is 37.7 Å². The van der Waals surface area contributed by atoms with Crippen LogP contribution in [0.25, 0.3) is 16.7 Å². The fraction of sp³-hybridized carbons (Fsp3) is 0.417. The lowest BCUT2D eigenvalue weighted by atomic mass is 10.1. The van der Waals surface area contributed by atoms with E-state index in [4.69, 9.17) is 4.52 Å². The molecule has 0 bridgehead atoms. The van der Waals surface area contributed by atoms with Crippen molar-refractivity contribution in [2.75, 3.05) is 10.6 Å². The number of hydrogen-bond acceptors (Lipinski definition) is 9. The van der Waals surface area contributed by atoms with Crippen molar-refractivity contribution < 1.29 is 4.52 Å². The molecule has 2 N–H and O–H groups in total. The van der Waals surface area contributed by atoms with E-state index in [1.807, 2.05) is 0 Å². The van der Waals surface area contributed by atoms with Gasteiger partial charge in [-0.25, -0.2) is 19.3 Å². The number of aryl methyl sites for hydroxylation is 1. The van der Waals surface area contributed by atoms with Gasteiger partial charge in [0, 0.05) is 30.7 Å². The van der Waals surface area contributed by atoms with Crippen LogP contribution in [0.4, 0.5) is 11.8 Å². The largest absolute Gasteiger partial charge is 0.367 e. The highest BCUT2D eigenvalue weighted by Gasteiger charge is 2.44. The zero-order valence-corrected chi connectivity index (χ0v) is 19.6. The van der Waals surface area contributed by atoms with Gasteiger partial charge in [-0.3, -0.25) is 9.36 Å². The summed E-state index contributed by atoms with van der Waals surface area (Å²) in [6.45, 7) is 2.14. The van der Waals surface area contributed by atoms with Gasteiger partial charge in [0.25, 0.3) is 11.5 Å². The Bertz CT molecular complexity index is 1520. The van der Waals surface area contributed by atoms with Crippen molar-refractivity contribution in [2.45, 2.75) is 56.5 Å². The van der Waals surface area contributed by atoms with Crippen LogP contribution in [0, 0.1) is 0 Å². The van der Waals surface area contributed by atoms with Crippen molar-refractivity contribution in [3.8, 4) is 5.69 Å². The Hall–Kier alpha value is -4.02. The van der Waals surface area contributed by atoms with Crippen molar-refractivity contribution in [2.24, 2.45) is 7.05 Å². The quantitative estimate of drug-likeness (QED) is 0.432. The fourth-order valence-corrected chi connectivity index (χ4v) is 4.67. The van der Waals surface area contributed by atoms with Crippen molar-refractivity contribution in [3.05, 3.63) is 63.4 Å². The normalized spacial score (nSPS) is 20.7. The summed E-state index contributed by atoms with van der Waals surface area (Å²) in [6.07, 6.45) is 8.13. The minimum atomic E-state index is -0.464. The molecule has 4 heterocycles. The molecule has 35 heavy (non-hydrogen) atoms. The second kappa shape index (κ2) is 8.03. The molecule has 0 spiro atoms. The van der Waals surface area contributed by atoms with Crippen LogP contribution >= 0.6 is 0 Å². The molecule has 2 aliphatic carbocycles. The highest BCUT2D eigenvalue weighted by molar-refractivity contribution is 5.73. The zero-order valence-electron chi connectivity index (χ0n) is 19.6. The molecular formula is C24H26N8O3. The molecule has 4 aromatic heterocycles. The molecule has 2 aliphatic rings. The molecule has 0 aromatic carbocycles. The molecule has 0 amide bonds. The Balaban J connectivity index is 1.14. The third-order valence-corrected chi connectivity index (χ3v) is 7.08. The first-order valence-corrected chi connectivity index (χ1v) is 11.8. The zero-order chi connectivity index (χ0) is 24.2. The summed E-state index contributed by atoms with van der Waals surface area (Å²) >= 11 is 0. The van der Waals surface area contributed by atoms with Crippen molar-refractivity contribution in [3.63, 3.8) is 0 Å². The molecule has 11 nitrogen and oxygen atoms in total. The van der Waals surface area contributed by atoms with E-state index in [9.17, 15) is 9.59 Å². The van der Waals surface area contributed by atoms with Crippen LogP contribution in [-0.2, 0) is 12.5 Å². The summed E-state index contributed by atoms with van der Waals surface area (Å²) in [6, 6.07) is 7.34. The number of pyridine rings is 2. The van der Waals surface area contributed by atoms with Crippen molar-refractivity contribution in [1.29, 1.82) is 0 Å². The molecule has 2 saturated carbocycles. The Morgan fingerprint density at radius 2 is 1.89 bits per heavy atom. The Labute approximate surface area is 200 Å².